The quantitative estimate of drug-likeness (QED) is 0.693. The van der Waals surface area contributed by atoms with Gasteiger partial charge in [0, 0.05) is 18.0 Å². The van der Waals surface area contributed by atoms with Gasteiger partial charge in [-0.3, -0.25) is 9.97 Å². The monoisotopic (exact) mass is 192 g/mol. The van der Waals surface area contributed by atoms with Crippen molar-refractivity contribution in [3.05, 3.63) is 48.6 Å². The molecule has 0 aliphatic carbocycles. The zero-order chi connectivity index (χ0) is 9.97. The molecular weight excluding hydrogens is 186 g/mol. The molecule has 4 heteroatoms. The van der Waals surface area contributed by atoms with E-state index in [1.165, 1.54) is 6.20 Å². The summed E-state index contributed by atoms with van der Waals surface area (Å²) in [5, 5.41) is 0. The Hall–Kier alpha value is -1.84. The zero-order valence-electron chi connectivity index (χ0n) is 7.11. The fourth-order valence-electron chi connectivity index (χ4n) is 1.20. The molecule has 14 heavy (non-hydrogen) atoms. The van der Waals surface area contributed by atoms with E-state index in [1.54, 1.807) is 18.3 Å². The van der Waals surface area contributed by atoms with Crippen molar-refractivity contribution < 1.29 is 8.78 Å². The van der Waals surface area contributed by atoms with E-state index in [9.17, 15) is 8.78 Å². The molecule has 0 fully saturated rings. The van der Waals surface area contributed by atoms with Gasteiger partial charge in [-0.1, -0.05) is 6.07 Å². The van der Waals surface area contributed by atoms with Gasteiger partial charge in [0.2, 0.25) is 0 Å². The fraction of sp³-hybridized carbons (Fsp3) is 0. The summed E-state index contributed by atoms with van der Waals surface area (Å²) in [6.45, 7) is 0. The van der Waals surface area contributed by atoms with Gasteiger partial charge in [0.15, 0.2) is 11.6 Å². The molecular formula is C10H6F2N2. The average molecular weight is 192 g/mol. The van der Waals surface area contributed by atoms with Crippen LogP contribution in [-0.4, -0.2) is 9.97 Å². The van der Waals surface area contributed by atoms with Crippen LogP contribution in [0.15, 0.2) is 36.9 Å². The lowest BCUT2D eigenvalue weighted by molar-refractivity contribution is 0.579. The summed E-state index contributed by atoms with van der Waals surface area (Å²) < 4.78 is 26.4. The van der Waals surface area contributed by atoms with Crippen LogP contribution in [-0.2, 0) is 0 Å². The lowest BCUT2D eigenvalue weighted by atomic mass is 10.1. The molecule has 0 bridgehead atoms. The predicted molar refractivity (Wildman–Crippen MR) is 47.4 cm³/mol. The molecule has 0 saturated heterocycles. The van der Waals surface area contributed by atoms with Crippen molar-refractivity contribution >= 4 is 0 Å². The Kier molecular flexibility index (Phi) is 2.18. The Balaban J connectivity index is 2.63. The average Bonchev–Trinajstić information content (AvgIpc) is 2.19. The third-order valence-electron chi connectivity index (χ3n) is 1.80. The van der Waals surface area contributed by atoms with E-state index in [0.717, 1.165) is 12.4 Å². The highest BCUT2D eigenvalue weighted by Crippen LogP contribution is 2.23. The number of pyridine rings is 2. The fourth-order valence-corrected chi connectivity index (χ4v) is 1.20. The molecule has 0 atom stereocenters. The van der Waals surface area contributed by atoms with Crippen LogP contribution in [0.4, 0.5) is 8.78 Å². The van der Waals surface area contributed by atoms with Crippen LogP contribution >= 0.6 is 0 Å². The lowest BCUT2D eigenvalue weighted by Gasteiger charge is -2.02. The van der Waals surface area contributed by atoms with E-state index in [-0.39, 0.29) is 5.56 Å². The first-order valence-electron chi connectivity index (χ1n) is 3.98. The van der Waals surface area contributed by atoms with Gasteiger partial charge in [-0.05, 0) is 6.07 Å². The largest absolute Gasteiger partial charge is 0.264 e. The van der Waals surface area contributed by atoms with E-state index in [2.05, 4.69) is 9.97 Å². The molecule has 2 nitrogen and oxygen atoms in total. The van der Waals surface area contributed by atoms with E-state index in [0.29, 0.717) is 5.56 Å². The van der Waals surface area contributed by atoms with Crippen LogP contribution in [0, 0.1) is 11.6 Å². The van der Waals surface area contributed by atoms with Gasteiger partial charge in [0.1, 0.15) is 0 Å². The van der Waals surface area contributed by atoms with Crippen LogP contribution in [0.1, 0.15) is 0 Å². The molecule has 2 aromatic heterocycles. The van der Waals surface area contributed by atoms with Gasteiger partial charge < -0.3 is 0 Å². The Morgan fingerprint density at radius 2 is 1.64 bits per heavy atom. The zero-order valence-corrected chi connectivity index (χ0v) is 7.11. The van der Waals surface area contributed by atoms with Gasteiger partial charge in [-0.2, -0.15) is 0 Å². The third-order valence-corrected chi connectivity index (χ3v) is 1.80. The van der Waals surface area contributed by atoms with Crippen molar-refractivity contribution in [3.63, 3.8) is 0 Å². The SMILES string of the molecule is Fc1cncc(F)c1-c1cccnc1. The summed E-state index contributed by atoms with van der Waals surface area (Å²) in [5.74, 6) is -1.36. The Labute approximate surface area is 79.3 Å². The summed E-state index contributed by atoms with van der Waals surface area (Å²) in [5.41, 5.74) is 0.318. The molecule has 0 aliphatic rings. The van der Waals surface area contributed by atoms with E-state index in [1.807, 2.05) is 0 Å². The van der Waals surface area contributed by atoms with Gasteiger partial charge in [-0.15, -0.1) is 0 Å². The van der Waals surface area contributed by atoms with Crippen LogP contribution in [0.2, 0.25) is 0 Å². The molecule has 0 spiro atoms. The second kappa shape index (κ2) is 3.49. The minimum atomic E-state index is -0.682. The third kappa shape index (κ3) is 1.46. The molecule has 0 radical (unpaired) electrons. The molecule has 0 aliphatic heterocycles. The van der Waals surface area contributed by atoms with Crippen molar-refractivity contribution in [2.75, 3.05) is 0 Å². The second-order valence-corrected chi connectivity index (χ2v) is 2.72. The van der Waals surface area contributed by atoms with E-state index < -0.39 is 11.6 Å². The summed E-state index contributed by atoms with van der Waals surface area (Å²) in [6, 6.07) is 3.21. The van der Waals surface area contributed by atoms with Crippen LogP contribution < -0.4 is 0 Å². The van der Waals surface area contributed by atoms with Gasteiger partial charge in [-0.25, -0.2) is 8.78 Å². The first-order valence-corrected chi connectivity index (χ1v) is 3.98. The van der Waals surface area contributed by atoms with Gasteiger partial charge >= 0.3 is 0 Å². The Bertz CT molecular complexity index is 423. The second-order valence-electron chi connectivity index (χ2n) is 2.72. The molecule has 0 saturated carbocycles. The molecule has 0 aromatic carbocycles. The maximum absolute atomic E-state index is 13.2. The number of hydrogen-bond acceptors (Lipinski definition) is 2. The van der Waals surface area contributed by atoms with Crippen molar-refractivity contribution in [2.45, 2.75) is 0 Å². The van der Waals surface area contributed by atoms with Crippen molar-refractivity contribution in [2.24, 2.45) is 0 Å². The highest BCUT2D eigenvalue weighted by atomic mass is 19.1. The van der Waals surface area contributed by atoms with Crippen molar-refractivity contribution in [1.82, 2.24) is 9.97 Å². The lowest BCUT2D eigenvalue weighted by Crippen LogP contribution is -1.91. The number of hydrogen-bond donors (Lipinski definition) is 0. The minimum absolute atomic E-state index is 0.0897. The molecule has 2 aromatic rings. The molecule has 0 N–H and O–H groups in total. The highest BCUT2D eigenvalue weighted by Gasteiger charge is 2.10. The molecule has 70 valence electrons. The first kappa shape index (κ1) is 8.74. The highest BCUT2D eigenvalue weighted by molar-refractivity contribution is 5.62. The summed E-state index contributed by atoms with van der Waals surface area (Å²) >= 11 is 0. The van der Waals surface area contributed by atoms with E-state index in [4.69, 9.17) is 0 Å². The van der Waals surface area contributed by atoms with Gasteiger partial charge in [0.25, 0.3) is 0 Å². The first-order chi connectivity index (χ1) is 6.79. The van der Waals surface area contributed by atoms with Crippen LogP contribution in [0.5, 0.6) is 0 Å². The van der Waals surface area contributed by atoms with Gasteiger partial charge in [0.05, 0.1) is 18.0 Å². The Morgan fingerprint density at radius 1 is 0.929 bits per heavy atom. The summed E-state index contributed by atoms with van der Waals surface area (Å²) in [4.78, 5) is 7.19. The topological polar surface area (TPSA) is 25.8 Å². The number of halogens is 2. The predicted octanol–water partition coefficient (Wildman–Crippen LogP) is 2.42. The number of aromatic nitrogens is 2. The molecule has 2 heterocycles. The maximum atomic E-state index is 13.2. The smallest absolute Gasteiger partial charge is 0.152 e. The minimum Gasteiger partial charge on any atom is -0.264 e. The normalized spacial score (nSPS) is 10.1. The Morgan fingerprint density at radius 3 is 2.21 bits per heavy atom. The molecule has 0 unspecified atom stereocenters. The number of nitrogens with zero attached hydrogens (tertiary/aromatic N) is 2. The van der Waals surface area contributed by atoms with Crippen LogP contribution in [0.25, 0.3) is 11.1 Å². The van der Waals surface area contributed by atoms with E-state index >= 15 is 0 Å². The van der Waals surface area contributed by atoms with Crippen molar-refractivity contribution in [3.8, 4) is 11.1 Å². The summed E-state index contributed by atoms with van der Waals surface area (Å²) in [6.07, 6.45) is 4.90. The molecule has 2 rings (SSSR count). The number of rotatable bonds is 1. The maximum Gasteiger partial charge on any atom is 0.152 e. The summed E-state index contributed by atoms with van der Waals surface area (Å²) in [7, 11) is 0. The van der Waals surface area contributed by atoms with Crippen LogP contribution in [0.3, 0.4) is 0 Å². The molecule has 0 amide bonds. The standard InChI is InChI=1S/C10H6F2N2/c11-8-5-14-6-9(12)10(8)7-2-1-3-13-4-7/h1-6H. The van der Waals surface area contributed by atoms with Crippen molar-refractivity contribution in [1.29, 1.82) is 0 Å².